The molecule has 0 saturated carbocycles. The molecule has 4 nitrogen and oxygen atoms in total. The third-order valence-electron chi connectivity index (χ3n) is 2.57. The van der Waals surface area contributed by atoms with Gasteiger partial charge in [0.2, 0.25) is 5.95 Å². The molecule has 2 rings (SSSR count). The van der Waals surface area contributed by atoms with Crippen molar-refractivity contribution in [1.82, 2.24) is 9.97 Å². The first-order chi connectivity index (χ1) is 8.33. The molecule has 0 spiro atoms. The summed E-state index contributed by atoms with van der Waals surface area (Å²) in [7, 11) is 0. The van der Waals surface area contributed by atoms with Gasteiger partial charge < -0.3 is 0 Å². The Balaban J connectivity index is 2.26. The number of anilines is 1. The fraction of sp³-hybridized carbons (Fsp3) is 0.231. The third-order valence-corrected chi connectivity index (χ3v) is 2.57. The Labute approximate surface area is 101 Å². The molecule has 0 fully saturated rings. The van der Waals surface area contributed by atoms with E-state index in [1.807, 2.05) is 6.07 Å². The van der Waals surface area contributed by atoms with Crippen LogP contribution in [0.25, 0.3) is 11.3 Å². The van der Waals surface area contributed by atoms with E-state index in [0.29, 0.717) is 5.95 Å². The highest BCUT2D eigenvalue weighted by molar-refractivity contribution is 5.60. The predicted molar refractivity (Wildman–Crippen MR) is 69.3 cm³/mol. The normalized spacial score (nSPS) is 10.2. The van der Waals surface area contributed by atoms with Gasteiger partial charge in [-0.15, -0.1) is 0 Å². The Morgan fingerprint density at radius 3 is 2.59 bits per heavy atom. The van der Waals surface area contributed by atoms with E-state index in [1.54, 1.807) is 6.20 Å². The lowest BCUT2D eigenvalue weighted by Crippen LogP contribution is -2.10. The molecule has 0 aliphatic rings. The predicted octanol–water partition coefficient (Wildman–Crippen LogP) is 2.38. The van der Waals surface area contributed by atoms with Crippen molar-refractivity contribution in [3.05, 3.63) is 42.1 Å². The van der Waals surface area contributed by atoms with E-state index >= 15 is 0 Å². The zero-order valence-electron chi connectivity index (χ0n) is 9.85. The average Bonchev–Trinajstić information content (AvgIpc) is 2.40. The molecule has 2 aromatic rings. The van der Waals surface area contributed by atoms with Crippen LogP contribution in [0.5, 0.6) is 0 Å². The number of hydrazine groups is 1. The van der Waals surface area contributed by atoms with E-state index < -0.39 is 0 Å². The molecule has 0 unspecified atom stereocenters. The van der Waals surface area contributed by atoms with Crippen molar-refractivity contribution in [1.29, 1.82) is 0 Å². The van der Waals surface area contributed by atoms with Crippen LogP contribution in [0.4, 0.5) is 5.95 Å². The van der Waals surface area contributed by atoms with Gasteiger partial charge in [-0.05, 0) is 18.1 Å². The van der Waals surface area contributed by atoms with Crippen LogP contribution >= 0.6 is 0 Å². The van der Waals surface area contributed by atoms with E-state index in [0.717, 1.165) is 24.1 Å². The van der Waals surface area contributed by atoms with Gasteiger partial charge in [-0.2, -0.15) is 0 Å². The monoisotopic (exact) mass is 228 g/mol. The zero-order chi connectivity index (χ0) is 12.1. The van der Waals surface area contributed by atoms with Gasteiger partial charge in [0, 0.05) is 11.8 Å². The van der Waals surface area contributed by atoms with E-state index in [2.05, 4.69) is 46.6 Å². The molecule has 1 aromatic heterocycles. The van der Waals surface area contributed by atoms with Crippen molar-refractivity contribution in [3.63, 3.8) is 0 Å². The SMILES string of the molecule is CCCc1ccc(-c2ccnc(NN)n2)cc1. The molecule has 0 bridgehead atoms. The molecular weight excluding hydrogens is 212 g/mol. The number of rotatable bonds is 4. The summed E-state index contributed by atoms with van der Waals surface area (Å²) in [6.07, 6.45) is 3.96. The Kier molecular flexibility index (Phi) is 3.67. The summed E-state index contributed by atoms with van der Waals surface area (Å²) < 4.78 is 0. The lowest BCUT2D eigenvalue weighted by Gasteiger charge is -2.04. The second kappa shape index (κ2) is 5.41. The molecule has 1 heterocycles. The maximum absolute atomic E-state index is 5.29. The quantitative estimate of drug-likeness (QED) is 0.623. The van der Waals surface area contributed by atoms with Gasteiger partial charge >= 0.3 is 0 Å². The number of nitrogens with zero attached hydrogens (tertiary/aromatic N) is 2. The van der Waals surface area contributed by atoms with Crippen LogP contribution in [0.15, 0.2) is 36.5 Å². The first-order valence-electron chi connectivity index (χ1n) is 5.72. The molecule has 88 valence electrons. The Hall–Kier alpha value is -1.94. The molecular formula is C13H16N4. The van der Waals surface area contributed by atoms with E-state index in [-0.39, 0.29) is 0 Å². The maximum Gasteiger partial charge on any atom is 0.237 e. The number of aromatic nitrogens is 2. The number of nitrogens with one attached hydrogen (secondary N) is 1. The summed E-state index contributed by atoms with van der Waals surface area (Å²) >= 11 is 0. The summed E-state index contributed by atoms with van der Waals surface area (Å²) in [6.45, 7) is 2.18. The fourth-order valence-electron chi connectivity index (χ4n) is 1.72. The molecule has 1 aromatic carbocycles. The Bertz CT molecular complexity index is 479. The van der Waals surface area contributed by atoms with Crippen LogP contribution in [0.1, 0.15) is 18.9 Å². The zero-order valence-corrected chi connectivity index (χ0v) is 9.85. The minimum atomic E-state index is 0.431. The molecule has 0 aliphatic heterocycles. The van der Waals surface area contributed by atoms with Gasteiger partial charge in [-0.1, -0.05) is 37.6 Å². The van der Waals surface area contributed by atoms with Gasteiger partial charge in [0.1, 0.15) is 0 Å². The second-order valence-corrected chi connectivity index (χ2v) is 3.86. The van der Waals surface area contributed by atoms with Gasteiger partial charge in [0.15, 0.2) is 0 Å². The second-order valence-electron chi connectivity index (χ2n) is 3.86. The van der Waals surface area contributed by atoms with Gasteiger partial charge in [0.25, 0.3) is 0 Å². The van der Waals surface area contributed by atoms with Crippen LogP contribution in [0, 0.1) is 0 Å². The highest BCUT2D eigenvalue weighted by Crippen LogP contribution is 2.18. The van der Waals surface area contributed by atoms with Crippen LogP contribution in [0.3, 0.4) is 0 Å². The molecule has 0 aliphatic carbocycles. The minimum Gasteiger partial charge on any atom is -0.292 e. The maximum atomic E-state index is 5.29. The van der Waals surface area contributed by atoms with E-state index in [9.17, 15) is 0 Å². The van der Waals surface area contributed by atoms with E-state index in [1.165, 1.54) is 5.56 Å². The molecule has 0 saturated heterocycles. The number of hydrogen-bond donors (Lipinski definition) is 2. The van der Waals surface area contributed by atoms with Gasteiger partial charge in [-0.3, -0.25) is 5.43 Å². The lowest BCUT2D eigenvalue weighted by atomic mass is 10.1. The van der Waals surface area contributed by atoms with Crippen LogP contribution in [-0.4, -0.2) is 9.97 Å². The van der Waals surface area contributed by atoms with Crippen LogP contribution in [0.2, 0.25) is 0 Å². The standard InChI is InChI=1S/C13H16N4/c1-2-3-10-4-6-11(7-5-10)12-8-9-15-13(16-12)17-14/h4-9H,2-3,14H2,1H3,(H,15,16,17). The van der Waals surface area contributed by atoms with Crippen molar-refractivity contribution in [2.24, 2.45) is 5.84 Å². The van der Waals surface area contributed by atoms with Crippen molar-refractivity contribution in [2.45, 2.75) is 19.8 Å². The van der Waals surface area contributed by atoms with Crippen molar-refractivity contribution in [3.8, 4) is 11.3 Å². The first-order valence-corrected chi connectivity index (χ1v) is 5.72. The van der Waals surface area contributed by atoms with Crippen LogP contribution < -0.4 is 11.3 Å². The molecule has 0 atom stereocenters. The number of hydrogen-bond acceptors (Lipinski definition) is 4. The molecule has 0 radical (unpaired) electrons. The minimum absolute atomic E-state index is 0.431. The number of nitrogens with two attached hydrogens (primary N) is 1. The smallest absolute Gasteiger partial charge is 0.237 e. The summed E-state index contributed by atoms with van der Waals surface area (Å²) in [6, 6.07) is 10.3. The molecule has 17 heavy (non-hydrogen) atoms. The highest BCUT2D eigenvalue weighted by Gasteiger charge is 2.01. The Morgan fingerprint density at radius 1 is 1.18 bits per heavy atom. The number of benzene rings is 1. The first kappa shape index (κ1) is 11.5. The molecule has 4 heteroatoms. The Morgan fingerprint density at radius 2 is 1.94 bits per heavy atom. The summed E-state index contributed by atoms with van der Waals surface area (Å²) in [5, 5.41) is 0. The van der Waals surface area contributed by atoms with Crippen molar-refractivity contribution >= 4 is 5.95 Å². The van der Waals surface area contributed by atoms with Crippen molar-refractivity contribution < 1.29 is 0 Å². The average molecular weight is 228 g/mol. The highest BCUT2D eigenvalue weighted by atomic mass is 15.3. The summed E-state index contributed by atoms with van der Waals surface area (Å²) in [5.41, 5.74) is 5.74. The third kappa shape index (κ3) is 2.79. The summed E-state index contributed by atoms with van der Waals surface area (Å²) in [4.78, 5) is 8.27. The largest absolute Gasteiger partial charge is 0.292 e. The molecule has 3 N–H and O–H groups in total. The lowest BCUT2D eigenvalue weighted by molar-refractivity contribution is 0.922. The van der Waals surface area contributed by atoms with Gasteiger partial charge in [0.05, 0.1) is 5.69 Å². The summed E-state index contributed by atoms with van der Waals surface area (Å²) in [5.74, 6) is 5.72. The molecule has 0 amide bonds. The van der Waals surface area contributed by atoms with E-state index in [4.69, 9.17) is 5.84 Å². The van der Waals surface area contributed by atoms with Gasteiger partial charge in [-0.25, -0.2) is 15.8 Å². The van der Waals surface area contributed by atoms with Crippen molar-refractivity contribution in [2.75, 3.05) is 5.43 Å². The van der Waals surface area contributed by atoms with Crippen LogP contribution in [-0.2, 0) is 6.42 Å². The number of nitrogen functional groups attached to an aromatic ring is 1. The number of aryl methyl sites for hydroxylation is 1. The fourth-order valence-corrected chi connectivity index (χ4v) is 1.72. The topological polar surface area (TPSA) is 63.8 Å².